The number of hydrogen-bond acceptors (Lipinski definition) is 2. The number of hydrogen-bond donors (Lipinski definition) is 1. The number of benzene rings is 1. The SMILES string of the molecule is CC[C@H](C)NC(=O)[C@H](C)Oc1cccc2c1CCCC2. The predicted molar refractivity (Wildman–Crippen MR) is 81.1 cm³/mol. The van der Waals surface area contributed by atoms with Crippen molar-refractivity contribution >= 4 is 5.91 Å². The smallest absolute Gasteiger partial charge is 0.260 e. The maximum absolute atomic E-state index is 12.0. The van der Waals surface area contributed by atoms with Crippen LogP contribution in [0.1, 0.15) is 51.2 Å². The van der Waals surface area contributed by atoms with Crippen molar-refractivity contribution in [3.63, 3.8) is 0 Å². The highest BCUT2D eigenvalue weighted by Gasteiger charge is 2.19. The number of amides is 1. The average molecular weight is 275 g/mol. The van der Waals surface area contributed by atoms with Gasteiger partial charge in [-0.15, -0.1) is 0 Å². The van der Waals surface area contributed by atoms with Crippen LogP contribution in [0.15, 0.2) is 18.2 Å². The van der Waals surface area contributed by atoms with Crippen molar-refractivity contribution < 1.29 is 9.53 Å². The molecule has 1 amide bonds. The highest BCUT2D eigenvalue weighted by Crippen LogP contribution is 2.30. The van der Waals surface area contributed by atoms with Gasteiger partial charge in [0.25, 0.3) is 5.91 Å². The number of nitrogens with one attached hydrogen (secondary N) is 1. The zero-order valence-corrected chi connectivity index (χ0v) is 12.7. The summed E-state index contributed by atoms with van der Waals surface area (Å²) in [5.41, 5.74) is 2.67. The molecule has 1 aliphatic rings. The van der Waals surface area contributed by atoms with Gasteiger partial charge in [0.15, 0.2) is 6.10 Å². The highest BCUT2D eigenvalue weighted by molar-refractivity contribution is 5.81. The third-order valence-electron chi connectivity index (χ3n) is 4.03. The maximum atomic E-state index is 12.0. The monoisotopic (exact) mass is 275 g/mol. The zero-order chi connectivity index (χ0) is 14.5. The number of fused-ring (bicyclic) bond motifs is 1. The van der Waals surface area contributed by atoms with Crippen LogP contribution in [0.4, 0.5) is 0 Å². The first-order chi connectivity index (χ1) is 9.61. The molecule has 20 heavy (non-hydrogen) atoms. The Bertz CT molecular complexity index is 470. The minimum atomic E-state index is -0.447. The average Bonchev–Trinajstić information content (AvgIpc) is 2.47. The molecule has 2 atom stereocenters. The molecule has 1 aromatic carbocycles. The molecule has 0 aromatic heterocycles. The summed E-state index contributed by atoms with van der Waals surface area (Å²) in [5, 5.41) is 2.97. The third-order valence-corrected chi connectivity index (χ3v) is 4.03. The number of carbonyl (C=O) groups is 1. The van der Waals surface area contributed by atoms with E-state index in [9.17, 15) is 4.79 Å². The van der Waals surface area contributed by atoms with Gasteiger partial charge in [-0.3, -0.25) is 4.79 Å². The summed E-state index contributed by atoms with van der Waals surface area (Å²) in [7, 11) is 0. The molecule has 0 saturated heterocycles. The largest absolute Gasteiger partial charge is 0.481 e. The quantitative estimate of drug-likeness (QED) is 0.896. The predicted octanol–water partition coefficient (Wildman–Crippen LogP) is 3.25. The molecule has 1 aliphatic carbocycles. The van der Waals surface area contributed by atoms with E-state index in [0.29, 0.717) is 0 Å². The van der Waals surface area contributed by atoms with Crippen LogP contribution in [-0.2, 0) is 17.6 Å². The van der Waals surface area contributed by atoms with Crippen molar-refractivity contribution in [3.05, 3.63) is 29.3 Å². The van der Waals surface area contributed by atoms with Crippen LogP contribution in [-0.4, -0.2) is 18.1 Å². The molecule has 0 heterocycles. The van der Waals surface area contributed by atoms with Gasteiger partial charge in [0.05, 0.1) is 0 Å². The lowest BCUT2D eigenvalue weighted by molar-refractivity contribution is -0.127. The normalized spacial score (nSPS) is 16.9. The second-order valence-electron chi connectivity index (χ2n) is 5.68. The zero-order valence-electron chi connectivity index (χ0n) is 12.7. The highest BCUT2D eigenvalue weighted by atomic mass is 16.5. The Labute approximate surface area is 121 Å². The molecule has 0 radical (unpaired) electrons. The molecule has 3 heteroatoms. The van der Waals surface area contributed by atoms with Crippen LogP contribution in [0.5, 0.6) is 5.75 Å². The summed E-state index contributed by atoms with van der Waals surface area (Å²) in [5.74, 6) is 0.849. The number of rotatable bonds is 5. The molecule has 0 unspecified atom stereocenters. The van der Waals surface area contributed by atoms with Crippen molar-refractivity contribution in [3.8, 4) is 5.75 Å². The molecule has 2 rings (SSSR count). The molecule has 110 valence electrons. The minimum Gasteiger partial charge on any atom is -0.481 e. The van der Waals surface area contributed by atoms with Crippen LogP contribution in [0.2, 0.25) is 0 Å². The number of ether oxygens (including phenoxy) is 1. The summed E-state index contributed by atoms with van der Waals surface area (Å²) in [4.78, 5) is 12.0. The van der Waals surface area contributed by atoms with Gasteiger partial charge in [0.1, 0.15) is 5.75 Å². The Morgan fingerprint density at radius 1 is 1.30 bits per heavy atom. The van der Waals surface area contributed by atoms with E-state index >= 15 is 0 Å². The maximum Gasteiger partial charge on any atom is 0.260 e. The first-order valence-electron chi connectivity index (χ1n) is 7.69. The molecule has 1 N–H and O–H groups in total. The van der Waals surface area contributed by atoms with Crippen LogP contribution < -0.4 is 10.1 Å². The summed E-state index contributed by atoms with van der Waals surface area (Å²) in [6.07, 6.45) is 5.13. The Hall–Kier alpha value is -1.51. The molecule has 0 fully saturated rings. The molecule has 1 aromatic rings. The van der Waals surface area contributed by atoms with E-state index in [0.717, 1.165) is 25.0 Å². The van der Waals surface area contributed by atoms with E-state index in [1.807, 2.05) is 26.0 Å². The van der Waals surface area contributed by atoms with Crippen LogP contribution in [0, 0.1) is 0 Å². The van der Waals surface area contributed by atoms with E-state index in [1.165, 1.54) is 24.0 Å². The molecular weight excluding hydrogens is 250 g/mol. The lowest BCUT2D eigenvalue weighted by Gasteiger charge is -2.22. The van der Waals surface area contributed by atoms with Crippen molar-refractivity contribution in [2.24, 2.45) is 0 Å². The van der Waals surface area contributed by atoms with E-state index in [2.05, 4.69) is 18.3 Å². The summed E-state index contributed by atoms with van der Waals surface area (Å²) >= 11 is 0. The Kier molecular flexibility index (Phi) is 5.05. The van der Waals surface area contributed by atoms with Crippen LogP contribution >= 0.6 is 0 Å². The molecule has 3 nitrogen and oxygen atoms in total. The van der Waals surface area contributed by atoms with E-state index in [1.54, 1.807) is 0 Å². The number of aryl methyl sites for hydroxylation is 1. The van der Waals surface area contributed by atoms with Gasteiger partial charge in [0, 0.05) is 6.04 Å². The van der Waals surface area contributed by atoms with Gasteiger partial charge in [-0.2, -0.15) is 0 Å². The van der Waals surface area contributed by atoms with Gasteiger partial charge in [-0.1, -0.05) is 19.1 Å². The van der Waals surface area contributed by atoms with Crippen molar-refractivity contribution in [2.75, 3.05) is 0 Å². The Morgan fingerprint density at radius 3 is 2.80 bits per heavy atom. The second kappa shape index (κ2) is 6.78. The lowest BCUT2D eigenvalue weighted by atomic mass is 9.91. The molecule has 0 saturated carbocycles. The van der Waals surface area contributed by atoms with E-state index < -0.39 is 6.10 Å². The third kappa shape index (κ3) is 3.53. The van der Waals surface area contributed by atoms with E-state index in [-0.39, 0.29) is 11.9 Å². The van der Waals surface area contributed by atoms with Crippen LogP contribution in [0.25, 0.3) is 0 Å². The minimum absolute atomic E-state index is 0.0345. The molecule has 0 bridgehead atoms. The van der Waals surface area contributed by atoms with Gasteiger partial charge in [-0.25, -0.2) is 0 Å². The Balaban J connectivity index is 2.04. The van der Waals surface area contributed by atoms with Crippen molar-refractivity contribution in [1.29, 1.82) is 0 Å². The fraction of sp³-hybridized carbons (Fsp3) is 0.588. The fourth-order valence-electron chi connectivity index (χ4n) is 2.56. The summed E-state index contributed by atoms with van der Waals surface area (Å²) < 4.78 is 5.91. The van der Waals surface area contributed by atoms with Gasteiger partial charge in [-0.05, 0) is 63.1 Å². The first kappa shape index (κ1) is 14.9. The molecule has 0 aliphatic heterocycles. The first-order valence-corrected chi connectivity index (χ1v) is 7.69. The molecule has 0 spiro atoms. The Morgan fingerprint density at radius 2 is 2.05 bits per heavy atom. The second-order valence-corrected chi connectivity index (χ2v) is 5.68. The van der Waals surface area contributed by atoms with Crippen LogP contribution in [0.3, 0.4) is 0 Å². The lowest BCUT2D eigenvalue weighted by Crippen LogP contribution is -2.41. The fourth-order valence-corrected chi connectivity index (χ4v) is 2.56. The van der Waals surface area contributed by atoms with E-state index in [4.69, 9.17) is 4.74 Å². The molecular formula is C17H25NO2. The van der Waals surface area contributed by atoms with Crippen molar-refractivity contribution in [1.82, 2.24) is 5.32 Å². The summed E-state index contributed by atoms with van der Waals surface area (Å²) in [6.45, 7) is 5.89. The number of carbonyl (C=O) groups excluding carboxylic acids is 1. The van der Waals surface area contributed by atoms with Gasteiger partial charge in [0.2, 0.25) is 0 Å². The van der Waals surface area contributed by atoms with Gasteiger partial charge >= 0.3 is 0 Å². The summed E-state index contributed by atoms with van der Waals surface area (Å²) in [6, 6.07) is 6.37. The van der Waals surface area contributed by atoms with Crippen molar-refractivity contribution in [2.45, 2.75) is 65.0 Å². The van der Waals surface area contributed by atoms with Gasteiger partial charge < -0.3 is 10.1 Å². The standard InChI is InChI=1S/C17H25NO2/c1-4-12(2)18-17(19)13(3)20-16-11-7-9-14-8-5-6-10-15(14)16/h7,9,11-13H,4-6,8,10H2,1-3H3,(H,18,19)/t12-,13-/m0/s1. The topological polar surface area (TPSA) is 38.3 Å².